The van der Waals surface area contributed by atoms with Gasteiger partial charge in [-0.05, 0) is 63.2 Å². The maximum atomic E-state index is 5.49. The van der Waals surface area contributed by atoms with Crippen molar-refractivity contribution >= 4 is 0 Å². The molecule has 128 valence electrons. The molecule has 0 amide bonds. The lowest BCUT2D eigenvalue weighted by Gasteiger charge is -2.31. The SMILES string of the molecule is C/C=C\CCC[C@H]1CC[C@H](CC[C@H]2CC[C@H](OC)CC2)CC1. The first-order valence-corrected chi connectivity index (χ1v) is 9.95. The maximum absolute atomic E-state index is 5.49. The summed E-state index contributed by atoms with van der Waals surface area (Å²) in [4.78, 5) is 0. The van der Waals surface area contributed by atoms with Crippen molar-refractivity contribution in [2.24, 2.45) is 17.8 Å². The number of ether oxygens (including phenoxy) is 1. The van der Waals surface area contributed by atoms with E-state index in [1.807, 2.05) is 7.11 Å². The standard InChI is InChI=1S/C21H38O/c1-3-4-5-6-7-18-8-10-19(11-9-18)12-13-20-14-16-21(22-2)17-15-20/h3-4,18-21H,5-17H2,1-2H3/b4-3-/t18-,19-,20-,21-. The molecule has 2 aliphatic rings. The van der Waals surface area contributed by atoms with Gasteiger partial charge in [0.25, 0.3) is 0 Å². The van der Waals surface area contributed by atoms with E-state index in [-0.39, 0.29) is 0 Å². The topological polar surface area (TPSA) is 9.23 Å². The minimum atomic E-state index is 0.564. The van der Waals surface area contributed by atoms with Crippen LogP contribution in [0.2, 0.25) is 0 Å². The predicted octanol–water partition coefficient (Wildman–Crippen LogP) is 6.52. The fraction of sp³-hybridized carbons (Fsp3) is 0.905. The van der Waals surface area contributed by atoms with Crippen molar-refractivity contribution in [3.63, 3.8) is 0 Å². The van der Waals surface area contributed by atoms with Crippen LogP contribution in [0.1, 0.15) is 90.4 Å². The van der Waals surface area contributed by atoms with E-state index in [0.29, 0.717) is 6.10 Å². The number of unbranched alkanes of at least 4 members (excludes halogenated alkanes) is 1. The highest BCUT2D eigenvalue weighted by molar-refractivity contribution is 4.79. The van der Waals surface area contributed by atoms with Crippen molar-refractivity contribution < 1.29 is 4.74 Å². The molecule has 0 bridgehead atoms. The lowest BCUT2D eigenvalue weighted by molar-refractivity contribution is 0.0540. The highest BCUT2D eigenvalue weighted by Crippen LogP contribution is 2.37. The molecule has 22 heavy (non-hydrogen) atoms. The second-order valence-electron chi connectivity index (χ2n) is 7.84. The summed E-state index contributed by atoms with van der Waals surface area (Å²) in [5, 5.41) is 0. The number of hydrogen-bond donors (Lipinski definition) is 0. The Labute approximate surface area is 138 Å². The van der Waals surface area contributed by atoms with E-state index in [9.17, 15) is 0 Å². The molecule has 2 rings (SSSR count). The van der Waals surface area contributed by atoms with Crippen molar-refractivity contribution in [1.82, 2.24) is 0 Å². The van der Waals surface area contributed by atoms with Crippen LogP contribution in [-0.4, -0.2) is 13.2 Å². The Balaban J connectivity index is 1.52. The Morgan fingerprint density at radius 2 is 1.27 bits per heavy atom. The van der Waals surface area contributed by atoms with E-state index in [1.165, 1.54) is 83.5 Å². The molecule has 0 unspecified atom stereocenters. The first-order chi connectivity index (χ1) is 10.8. The van der Waals surface area contributed by atoms with Gasteiger partial charge in [0.1, 0.15) is 0 Å². The van der Waals surface area contributed by atoms with E-state index in [1.54, 1.807) is 0 Å². The molecular formula is C21H38O. The Morgan fingerprint density at radius 3 is 1.77 bits per heavy atom. The Hall–Kier alpha value is -0.300. The second-order valence-corrected chi connectivity index (χ2v) is 7.84. The van der Waals surface area contributed by atoms with E-state index in [4.69, 9.17) is 4.74 Å². The fourth-order valence-electron chi connectivity index (χ4n) is 4.63. The minimum Gasteiger partial charge on any atom is -0.381 e. The lowest BCUT2D eigenvalue weighted by atomic mass is 9.76. The molecule has 0 aliphatic heterocycles. The summed E-state index contributed by atoms with van der Waals surface area (Å²) in [6, 6.07) is 0. The van der Waals surface area contributed by atoms with E-state index in [2.05, 4.69) is 19.1 Å². The highest BCUT2D eigenvalue weighted by Gasteiger charge is 2.24. The minimum absolute atomic E-state index is 0.564. The molecule has 0 saturated heterocycles. The zero-order valence-corrected chi connectivity index (χ0v) is 15.1. The smallest absolute Gasteiger partial charge is 0.0571 e. The number of methoxy groups -OCH3 is 1. The second kappa shape index (κ2) is 10.5. The van der Waals surface area contributed by atoms with Crippen LogP contribution >= 0.6 is 0 Å². The molecule has 0 aromatic carbocycles. The summed E-state index contributed by atoms with van der Waals surface area (Å²) in [5.41, 5.74) is 0. The molecule has 0 aromatic rings. The third-order valence-corrected chi connectivity index (χ3v) is 6.30. The molecule has 2 aliphatic carbocycles. The zero-order valence-electron chi connectivity index (χ0n) is 15.1. The van der Waals surface area contributed by atoms with Gasteiger partial charge in [0.2, 0.25) is 0 Å². The first kappa shape index (κ1) is 18.0. The highest BCUT2D eigenvalue weighted by atomic mass is 16.5. The van der Waals surface area contributed by atoms with Crippen molar-refractivity contribution in [3.8, 4) is 0 Å². The summed E-state index contributed by atoms with van der Waals surface area (Å²) in [6.07, 6.45) is 23.7. The van der Waals surface area contributed by atoms with Crippen LogP contribution < -0.4 is 0 Å². The van der Waals surface area contributed by atoms with Crippen LogP contribution in [0.15, 0.2) is 12.2 Å². The molecular weight excluding hydrogens is 268 g/mol. The van der Waals surface area contributed by atoms with Gasteiger partial charge in [-0.25, -0.2) is 0 Å². The first-order valence-electron chi connectivity index (χ1n) is 9.95. The Morgan fingerprint density at radius 1 is 0.773 bits per heavy atom. The average Bonchev–Trinajstić information content (AvgIpc) is 2.58. The maximum Gasteiger partial charge on any atom is 0.0571 e. The van der Waals surface area contributed by atoms with E-state index in [0.717, 1.165) is 17.8 Å². The van der Waals surface area contributed by atoms with E-state index < -0.39 is 0 Å². The molecule has 2 saturated carbocycles. The molecule has 0 spiro atoms. The summed E-state index contributed by atoms with van der Waals surface area (Å²) >= 11 is 0. The number of hydrogen-bond acceptors (Lipinski definition) is 1. The molecule has 0 atom stereocenters. The van der Waals surface area contributed by atoms with Crippen LogP contribution in [-0.2, 0) is 4.74 Å². The molecule has 0 N–H and O–H groups in total. The van der Waals surface area contributed by atoms with Crippen LogP contribution in [0.5, 0.6) is 0 Å². The van der Waals surface area contributed by atoms with Crippen molar-refractivity contribution in [3.05, 3.63) is 12.2 Å². The molecule has 1 nitrogen and oxygen atoms in total. The summed E-state index contributed by atoms with van der Waals surface area (Å²) in [5.74, 6) is 3.09. The number of allylic oxidation sites excluding steroid dienone is 2. The molecule has 1 heteroatoms. The third-order valence-electron chi connectivity index (χ3n) is 6.30. The third kappa shape index (κ3) is 6.44. The van der Waals surface area contributed by atoms with Gasteiger partial charge in [0, 0.05) is 7.11 Å². The Kier molecular flexibility index (Phi) is 8.59. The average molecular weight is 307 g/mol. The quantitative estimate of drug-likeness (QED) is 0.366. The summed E-state index contributed by atoms with van der Waals surface area (Å²) in [6.45, 7) is 2.13. The largest absolute Gasteiger partial charge is 0.381 e. The van der Waals surface area contributed by atoms with Crippen LogP contribution in [0.3, 0.4) is 0 Å². The molecule has 0 aromatic heterocycles. The normalized spacial score (nSPS) is 33.4. The zero-order chi connectivity index (χ0) is 15.6. The summed E-state index contributed by atoms with van der Waals surface area (Å²) in [7, 11) is 1.88. The van der Waals surface area contributed by atoms with Crippen molar-refractivity contribution in [2.45, 2.75) is 96.5 Å². The molecule has 2 fully saturated rings. The van der Waals surface area contributed by atoms with Gasteiger partial charge >= 0.3 is 0 Å². The van der Waals surface area contributed by atoms with Crippen LogP contribution in [0.4, 0.5) is 0 Å². The van der Waals surface area contributed by atoms with E-state index >= 15 is 0 Å². The molecule has 0 radical (unpaired) electrons. The van der Waals surface area contributed by atoms with Gasteiger partial charge in [0.15, 0.2) is 0 Å². The lowest BCUT2D eigenvalue weighted by Crippen LogP contribution is -2.21. The molecule has 0 heterocycles. The van der Waals surface area contributed by atoms with Gasteiger partial charge in [0.05, 0.1) is 6.10 Å². The van der Waals surface area contributed by atoms with Gasteiger partial charge in [-0.1, -0.05) is 57.1 Å². The van der Waals surface area contributed by atoms with Gasteiger partial charge in [-0.2, -0.15) is 0 Å². The Bertz CT molecular complexity index is 293. The van der Waals surface area contributed by atoms with Crippen LogP contribution in [0, 0.1) is 17.8 Å². The van der Waals surface area contributed by atoms with Gasteiger partial charge < -0.3 is 4.74 Å². The summed E-state index contributed by atoms with van der Waals surface area (Å²) < 4.78 is 5.49. The van der Waals surface area contributed by atoms with Gasteiger partial charge in [-0.3, -0.25) is 0 Å². The number of rotatable bonds is 8. The predicted molar refractivity (Wildman–Crippen MR) is 96.1 cm³/mol. The monoisotopic (exact) mass is 306 g/mol. The van der Waals surface area contributed by atoms with Gasteiger partial charge in [-0.15, -0.1) is 0 Å². The fourth-order valence-corrected chi connectivity index (χ4v) is 4.63. The van der Waals surface area contributed by atoms with Crippen LogP contribution in [0.25, 0.3) is 0 Å². The van der Waals surface area contributed by atoms with Crippen molar-refractivity contribution in [1.29, 1.82) is 0 Å². The van der Waals surface area contributed by atoms with Crippen molar-refractivity contribution in [2.75, 3.05) is 7.11 Å².